The number of esters is 1. The molecule has 2 N–H and O–H groups in total. The Labute approximate surface area is 288 Å². The zero-order valence-electron chi connectivity index (χ0n) is 28.1. The van der Waals surface area contributed by atoms with Crippen LogP contribution in [0.25, 0.3) is 21.7 Å². The van der Waals surface area contributed by atoms with Gasteiger partial charge in [0.05, 0.1) is 19.0 Å². The first-order chi connectivity index (χ1) is 23.5. The zero-order valence-corrected chi connectivity index (χ0v) is 29.0. The van der Waals surface area contributed by atoms with Crippen molar-refractivity contribution in [2.24, 2.45) is 5.92 Å². The molecule has 1 aliphatic carbocycles. The Bertz CT molecular complexity index is 1740. The van der Waals surface area contributed by atoms with Crippen LogP contribution >= 0.6 is 11.3 Å². The number of carbonyl (C=O) groups is 4. The summed E-state index contributed by atoms with van der Waals surface area (Å²) in [4.78, 5) is 70.3. The van der Waals surface area contributed by atoms with Crippen molar-refractivity contribution in [3.8, 4) is 17.4 Å². The van der Waals surface area contributed by atoms with Crippen LogP contribution in [-0.2, 0) is 23.9 Å². The van der Waals surface area contributed by atoms with Crippen LogP contribution in [0.2, 0.25) is 0 Å². The van der Waals surface area contributed by atoms with Crippen LogP contribution in [-0.4, -0.2) is 86.7 Å². The molecule has 0 unspecified atom stereocenters. The molecule has 5 atom stereocenters. The second-order valence-electron chi connectivity index (χ2n) is 13.7. The monoisotopic (exact) mass is 690 g/mol. The van der Waals surface area contributed by atoms with Crippen molar-refractivity contribution in [3.05, 3.63) is 48.0 Å². The molecule has 0 radical (unpaired) electrons. The Hall–Kier alpha value is -4.59. The molecule has 1 saturated carbocycles. The number of aromatic nitrogens is 3. The number of carbonyl (C=O) groups excluding carboxylic acids is 4. The van der Waals surface area contributed by atoms with E-state index in [1.807, 2.05) is 35.7 Å². The lowest BCUT2D eigenvalue weighted by molar-refractivity contribution is -0.148. The van der Waals surface area contributed by atoms with Gasteiger partial charge in [-0.15, -0.1) is 11.3 Å². The van der Waals surface area contributed by atoms with E-state index >= 15 is 0 Å². The quantitative estimate of drug-likeness (QED) is 0.287. The van der Waals surface area contributed by atoms with Gasteiger partial charge in [0.2, 0.25) is 17.7 Å². The van der Waals surface area contributed by atoms with Crippen molar-refractivity contribution in [1.82, 2.24) is 30.5 Å². The first-order valence-corrected chi connectivity index (χ1v) is 17.6. The highest BCUT2D eigenvalue weighted by Crippen LogP contribution is 2.46. The van der Waals surface area contributed by atoms with Crippen LogP contribution in [0, 0.1) is 5.92 Å². The van der Waals surface area contributed by atoms with Crippen LogP contribution < -0.4 is 15.4 Å². The molecule has 3 aromatic heterocycles. The Balaban J connectivity index is 1.32. The molecule has 6 rings (SSSR count). The number of thiophene rings is 1. The van der Waals surface area contributed by atoms with E-state index in [4.69, 9.17) is 19.2 Å². The molecule has 5 heterocycles. The maximum atomic E-state index is 14.4. The molecular weight excluding hydrogens is 648 g/mol. The van der Waals surface area contributed by atoms with Crippen molar-refractivity contribution in [1.29, 1.82) is 0 Å². The molecule has 2 fully saturated rings. The average molecular weight is 691 g/mol. The van der Waals surface area contributed by atoms with Gasteiger partial charge in [0, 0.05) is 18.5 Å². The van der Waals surface area contributed by atoms with Gasteiger partial charge in [-0.05, 0) is 70.0 Å². The average Bonchev–Trinajstić information content (AvgIpc) is 3.36. The SMILES string of the molecule is COC(=O)[C@@]12C[C@H]1/C=C\CCCCC[C@H](NC(=O)OC(C)(C)C)C(=O)N1C[C@H](Oc3nc(-c4ccccn4)nc4sccc34)C[C@H]1C(=O)N2. The number of nitrogens with one attached hydrogen (secondary N) is 2. The second kappa shape index (κ2) is 14.1. The summed E-state index contributed by atoms with van der Waals surface area (Å²) in [5, 5.41) is 8.31. The van der Waals surface area contributed by atoms with Crippen molar-refractivity contribution in [3.63, 3.8) is 0 Å². The summed E-state index contributed by atoms with van der Waals surface area (Å²) in [7, 11) is 1.30. The van der Waals surface area contributed by atoms with E-state index in [9.17, 15) is 19.2 Å². The number of alkyl carbamates (subject to hydrolysis) is 1. The van der Waals surface area contributed by atoms with Gasteiger partial charge in [0.25, 0.3) is 0 Å². The third kappa shape index (κ3) is 7.69. The minimum absolute atomic E-state index is 0.0481. The second-order valence-corrected chi connectivity index (χ2v) is 14.6. The summed E-state index contributed by atoms with van der Waals surface area (Å²) in [5.41, 5.74) is -1.40. The molecule has 0 bridgehead atoms. The highest BCUT2D eigenvalue weighted by molar-refractivity contribution is 7.16. The molecule has 1 saturated heterocycles. The summed E-state index contributed by atoms with van der Waals surface area (Å²) in [5.74, 6) is -0.968. The van der Waals surface area contributed by atoms with Crippen LogP contribution in [0.5, 0.6) is 5.88 Å². The van der Waals surface area contributed by atoms with Crippen LogP contribution in [0.15, 0.2) is 48.0 Å². The predicted molar refractivity (Wildman–Crippen MR) is 182 cm³/mol. The van der Waals surface area contributed by atoms with Gasteiger partial charge < -0.3 is 29.7 Å². The summed E-state index contributed by atoms with van der Waals surface area (Å²) in [6.45, 7) is 5.30. The minimum Gasteiger partial charge on any atom is -0.472 e. The van der Waals surface area contributed by atoms with Crippen LogP contribution in [0.1, 0.15) is 65.7 Å². The molecule has 260 valence electrons. The molecule has 49 heavy (non-hydrogen) atoms. The number of nitrogens with zero attached hydrogens (tertiary/aromatic N) is 4. The highest BCUT2D eigenvalue weighted by Gasteiger charge is 2.62. The number of methoxy groups -OCH3 is 1. The lowest BCUT2D eigenvalue weighted by Gasteiger charge is -2.30. The minimum atomic E-state index is -1.21. The van der Waals surface area contributed by atoms with Gasteiger partial charge in [-0.3, -0.25) is 14.6 Å². The van der Waals surface area contributed by atoms with Crippen molar-refractivity contribution in [2.75, 3.05) is 13.7 Å². The number of amides is 3. The fourth-order valence-corrected chi connectivity index (χ4v) is 7.21. The van der Waals surface area contributed by atoms with E-state index in [0.717, 1.165) is 19.3 Å². The summed E-state index contributed by atoms with van der Waals surface area (Å²) >= 11 is 1.44. The molecule has 3 aromatic rings. The maximum absolute atomic E-state index is 14.4. The Kier molecular flexibility index (Phi) is 9.87. The highest BCUT2D eigenvalue weighted by atomic mass is 32.1. The number of pyridine rings is 1. The van der Waals surface area contributed by atoms with E-state index < -0.39 is 53.2 Å². The summed E-state index contributed by atoms with van der Waals surface area (Å²) in [6, 6.07) is 5.40. The molecule has 3 aliphatic rings. The van der Waals surface area contributed by atoms with Crippen molar-refractivity contribution >= 4 is 45.4 Å². The van der Waals surface area contributed by atoms with E-state index in [0.29, 0.717) is 46.9 Å². The van der Waals surface area contributed by atoms with E-state index in [-0.39, 0.29) is 18.9 Å². The first kappa shape index (κ1) is 34.3. The first-order valence-electron chi connectivity index (χ1n) is 16.7. The Morgan fingerprint density at radius 2 is 1.96 bits per heavy atom. The molecule has 0 aromatic carbocycles. The largest absolute Gasteiger partial charge is 0.472 e. The number of hydrogen-bond acceptors (Lipinski definition) is 11. The van der Waals surface area contributed by atoms with Crippen LogP contribution in [0.3, 0.4) is 0 Å². The summed E-state index contributed by atoms with van der Waals surface area (Å²) in [6.07, 6.45) is 8.35. The lowest BCUT2D eigenvalue weighted by atomic mass is 10.0. The van der Waals surface area contributed by atoms with E-state index in [1.165, 1.54) is 23.3 Å². The molecule has 14 heteroatoms. The van der Waals surface area contributed by atoms with Gasteiger partial charge in [0.15, 0.2) is 5.82 Å². The molecule has 0 spiro atoms. The fraction of sp³-hybridized carbons (Fsp3) is 0.514. The number of allylic oxidation sites excluding steroid dienone is 1. The Morgan fingerprint density at radius 1 is 1.12 bits per heavy atom. The Morgan fingerprint density at radius 3 is 2.71 bits per heavy atom. The molecular formula is C35H42N6O7S. The van der Waals surface area contributed by atoms with Crippen molar-refractivity contribution in [2.45, 2.75) is 95.0 Å². The number of hydrogen-bond donors (Lipinski definition) is 2. The predicted octanol–water partition coefficient (Wildman–Crippen LogP) is 4.56. The number of rotatable bonds is 5. The smallest absolute Gasteiger partial charge is 0.408 e. The van der Waals surface area contributed by atoms with Gasteiger partial charge in [-0.2, -0.15) is 4.98 Å². The summed E-state index contributed by atoms with van der Waals surface area (Å²) < 4.78 is 17.1. The third-order valence-corrected chi connectivity index (χ3v) is 9.75. The topological polar surface area (TPSA) is 162 Å². The fourth-order valence-electron chi connectivity index (χ4n) is 6.45. The van der Waals surface area contributed by atoms with Crippen LogP contribution in [0.4, 0.5) is 4.79 Å². The zero-order chi connectivity index (χ0) is 34.8. The molecule has 2 aliphatic heterocycles. The molecule has 13 nitrogen and oxygen atoms in total. The van der Waals surface area contributed by atoms with Crippen molar-refractivity contribution < 1.29 is 33.4 Å². The van der Waals surface area contributed by atoms with Gasteiger partial charge >= 0.3 is 12.1 Å². The van der Waals surface area contributed by atoms with Gasteiger partial charge in [-0.25, -0.2) is 14.6 Å². The standard InChI is InChI=1S/C35H42N6O7S/c1-34(2,3)48-33(45)37-25-14-9-7-5-6-8-12-21-19-35(21,32(44)46-4)40-28(42)26-18-22(20-41(26)31(25)43)47-29-23-15-17-49-30(23)39-27(38-29)24-13-10-11-16-36-24/h8,10-13,15-17,21-22,25-26H,5-7,9,14,18-20H2,1-4H3,(H,37,45)(H,40,42)/b12-8-/t21-,22-,25+,26+,35-/m1/s1. The molecule has 3 amide bonds. The van der Waals surface area contributed by atoms with Gasteiger partial charge in [-0.1, -0.05) is 31.1 Å². The van der Waals surface area contributed by atoms with Gasteiger partial charge in [0.1, 0.15) is 39.9 Å². The normalized spacial score (nSPS) is 26.7. The lowest BCUT2D eigenvalue weighted by Crippen LogP contribution is -2.56. The maximum Gasteiger partial charge on any atom is 0.408 e. The van der Waals surface area contributed by atoms with E-state index in [1.54, 1.807) is 33.0 Å². The van der Waals surface area contributed by atoms with E-state index in [2.05, 4.69) is 20.6 Å². The number of fused-ring (bicyclic) bond motifs is 3. The third-order valence-electron chi connectivity index (χ3n) is 8.94. The number of ether oxygens (including phenoxy) is 3.